The van der Waals surface area contributed by atoms with E-state index in [-0.39, 0.29) is 25.0 Å². The number of aliphatic hydroxyl groups is 1. The number of amides is 1. The zero-order valence-corrected chi connectivity index (χ0v) is 22.1. The van der Waals surface area contributed by atoms with Crippen molar-refractivity contribution in [2.24, 2.45) is 10.7 Å². The van der Waals surface area contributed by atoms with E-state index >= 15 is 0 Å². The van der Waals surface area contributed by atoms with E-state index in [9.17, 15) is 19.8 Å². The summed E-state index contributed by atoms with van der Waals surface area (Å²) in [7, 11) is 3.75. The molecule has 0 aromatic heterocycles. The van der Waals surface area contributed by atoms with Crippen molar-refractivity contribution >= 4 is 29.5 Å². The van der Waals surface area contributed by atoms with Crippen LogP contribution in [0.2, 0.25) is 0 Å². The molecule has 0 radical (unpaired) electrons. The van der Waals surface area contributed by atoms with Crippen molar-refractivity contribution in [1.29, 1.82) is 0 Å². The number of amidine groups is 1. The van der Waals surface area contributed by atoms with E-state index < -0.39 is 11.9 Å². The number of carboxylic acids is 1. The molecule has 2 aromatic rings. The number of aliphatic hydroxyl groups excluding tert-OH is 1. The summed E-state index contributed by atoms with van der Waals surface area (Å²) in [5.74, 6) is -1.20. The zero-order valence-electron chi connectivity index (χ0n) is 22.1. The van der Waals surface area contributed by atoms with E-state index in [1.54, 1.807) is 4.90 Å². The molecule has 2 unspecified atom stereocenters. The molecule has 1 aliphatic heterocycles. The molecule has 1 heterocycles. The molecule has 0 saturated carbocycles. The fraction of sp³-hybridized carbons (Fsp3) is 0.414. The van der Waals surface area contributed by atoms with Gasteiger partial charge in [0.25, 0.3) is 0 Å². The molecule has 0 saturated heterocycles. The van der Waals surface area contributed by atoms with E-state index in [1.807, 2.05) is 81.4 Å². The summed E-state index contributed by atoms with van der Waals surface area (Å²) < 4.78 is 0. The van der Waals surface area contributed by atoms with E-state index in [2.05, 4.69) is 4.99 Å². The maximum atomic E-state index is 13.2. The predicted octanol–water partition coefficient (Wildman–Crippen LogP) is 3.87. The van der Waals surface area contributed by atoms with Crippen molar-refractivity contribution in [1.82, 2.24) is 9.80 Å². The fourth-order valence-electron chi connectivity index (χ4n) is 4.57. The van der Waals surface area contributed by atoms with Crippen LogP contribution >= 0.6 is 0 Å². The number of rotatable bonds is 11. The van der Waals surface area contributed by atoms with Gasteiger partial charge in [-0.2, -0.15) is 0 Å². The summed E-state index contributed by atoms with van der Waals surface area (Å²) in [5, 5.41) is 19.0. The highest BCUT2D eigenvalue weighted by molar-refractivity contribution is 6.05. The Kier molecular flexibility index (Phi) is 9.60. The Morgan fingerprint density at radius 3 is 2.35 bits per heavy atom. The van der Waals surface area contributed by atoms with Crippen molar-refractivity contribution in [3.8, 4) is 11.1 Å². The van der Waals surface area contributed by atoms with Gasteiger partial charge in [-0.05, 0) is 62.7 Å². The number of aliphatic carboxylic acids is 1. The lowest BCUT2D eigenvalue weighted by Crippen LogP contribution is -2.35. The lowest BCUT2D eigenvalue weighted by molar-refractivity contribution is -0.140. The first kappa shape index (κ1) is 28.1. The highest BCUT2D eigenvalue weighted by atomic mass is 16.4. The monoisotopic (exact) mass is 506 g/mol. The molecule has 0 bridgehead atoms. The Morgan fingerprint density at radius 2 is 1.76 bits per heavy atom. The van der Waals surface area contributed by atoms with Crippen LogP contribution in [0.3, 0.4) is 0 Å². The Balaban J connectivity index is 1.90. The summed E-state index contributed by atoms with van der Waals surface area (Å²) in [6.45, 7) is 5.07. The standard InChI is InChI=1S/C29H38N4O4/c1-5-13-33(14-6-15-34)28(35)24-16-23-12-11-22(17-25(23)31-26(30)18-24)20-7-9-21(10-8-20)27(29(36)37)19(2)32(3)4/h7-12,16-17,19,27,34H,5-6,13-15,18H2,1-4H3,(H2,30,31)(H,36,37). The van der Waals surface area contributed by atoms with Crippen LogP contribution in [0.25, 0.3) is 17.2 Å². The van der Waals surface area contributed by atoms with Crippen LogP contribution in [-0.2, 0) is 9.59 Å². The number of benzene rings is 2. The van der Waals surface area contributed by atoms with Gasteiger partial charge < -0.3 is 25.7 Å². The van der Waals surface area contributed by atoms with Gasteiger partial charge in [0, 0.05) is 43.3 Å². The van der Waals surface area contributed by atoms with E-state index in [4.69, 9.17) is 5.73 Å². The van der Waals surface area contributed by atoms with Crippen molar-refractivity contribution in [3.63, 3.8) is 0 Å². The second-order valence-electron chi connectivity index (χ2n) is 9.73. The van der Waals surface area contributed by atoms with Crippen LogP contribution in [0.1, 0.15) is 50.2 Å². The van der Waals surface area contributed by atoms with Gasteiger partial charge >= 0.3 is 5.97 Å². The molecule has 3 rings (SSSR count). The fourth-order valence-corrected chi connectivity index (χ4v) is 4.57. The number of likely N-dealkylation sites (N-methyl/N-ethyl adjacent to an activating group) is 1. The number of nitrogens with zero attached hydrogens (tertiary/aromatic N) is 3. The maximum Gasteiger partial charge on any atom is 0.312 e. The van der Waals surface area contributed by atoms with Gasteiger partial charge in [-0.25, -0.2) is 4.99 Å². The lowest BCUT2D eigenvalue weighted by Gasteiger charge is -2.26. The summed E-state index contributed by atoms with van der Waals surface area (Å²) >= 11 is 0. The van der Waals surface area contributed by atoms with E-state index in [1.165, 1.54) is 0 Å². The van der Waals surface area contributed by atoms with Crippen molar-refractivity contribution in [2.45, 2.75) is 45.1 Å². The lowest BCUT2D eigenvalue weighted by atomic mass is 9.90. The van der Waals surface area contributed by atoms with Crippen LogP contribution in [0.15, 0.2) is 53.0 Å². The topological polar surface area (TPSA) is 119 Å². The van der Waals surface area contributed by atoms with Gasteiger partial charge in [-0.15, -0.1) is 0 Å². The minimum Gasteiger partial charge on any atom is -0.481 e. The third kappa shape index (κ3) is 6.84. The molecule has 2 atom stereocenters. The Morgan fingerprint density at radius 1 is 1.08 bits per heavy atom. The predicted molar refractivity (Wildman–Crippen MR) is 148 cm³/mol. The van der Waals surface area contributed by atoms with E-state index in [0.29, 0.717) is 36.6 Å². The molecule has 37 heavy (non-hydrogen) atoms. The zero-order chi connectivity index (χ0) is 27.1. The molecule has 0 spiro atoms. The quantitative estimate of drug-likeness (QED) is 0.426. The normalized spacial score (nSPS) is 14.8. The molecule has 0 fully saturated rings. The van der Waals surface area contributed by atoms with Crippen molar-refractivity contribution in [2.75, 3.05) is 33.8 Å². The van der Waals surface area contributed by atoms with Crippen LogP contribution < -0.4 is 5.73 Å². The molecule has 1 amide bonds. The second kappa shape index (κ2) is 12.7. The molecular weight excluding hydrogens is 468 g/mol. The van der Waals surface area contributed by atoms with Crippen LogP contribution in [0.4, 0.5) is 5.69 Å². The molecule has 4 N–H and O–H groups in total. The van der Waals surface area contributed by atoms with Gasteiger partial charge in [0.1, 0.15) is 5.84 Å². The summed E-state index contributed by atoms with van der Waals surface area (Å²) in [6, 6.07) is 13.3. The first-order valence-electron chi connectivity index (χ1n) is 12.7. The Bertz CT molecular complexity index is 1170. The van der Waals surface area contributed by atoms with Gasteiger partial charge in [-0.3, -0.25) is 9.59 Å². The SMILES string of the molecule is CCCN(CCCO)C(=O)C1=Cc2ccc(-c3ccc(C(C(=O)O)C(C)N(C)C)cc3)cc2N=C(N)C1. The molecule has 1 aliphatic rings. The number of carbonyl (C=O) groups excluding carboxylic acids is 1. The molecular formula is C29H38N4O4. The van der Waals surface area contributed by atoms with Gasteiger partial charge in [-0.1, -0.05) is 43.3 Å². The van der Waals surface area contributed by atoms with E-state index in [0.717, 1.165) is 28.7 Å². The highest BCUT2D eigenvalue weighted by Gasteiger charge is 2.28. The number of hydrogen-bond donors (Lipinski definition) is 3. The van der Waals surface area contributed by atoms with Gasteiger partial charge in [0.2, 0.25) is 5.91 Å². The number of carboxylic acid groups (broad SMARTS) is 1. The Labute approximate surface area is 219 Å². The number of carbonyl (C=O) groups is 2. The number of nitrogens with two attached hydrogens (primary N) is 1. The summed E-state index contributed by atoms with van der Waals surface area (Å²) in [5.41, 5.74) is 10.9. The smallest absolute Gasteiger partial charge is 0.312 e. The third-order valence-corrected chi connectivity index (χ3v) is 6.80. The second-order valence-corrected chi connectivity index (χ2v) is 9.73. The first-order chi connectivity index (χ1) is 17.7. The average Bonchev–Trinajstić information content (AvgIpc) is 3.03. The largest absolute Gasteiger partial charge is 0.481 e. The maximum absolute atomic E-state index is 13.2. The molecule has 0 aliphatic carbocycles. The van der Waals surface area contributed by atoms with Gasteiger partial charge in [0.05, 0.1) is 11.6 Å². The van der Waals surface area contributed by atoms with Crippen molar-refractivity contribution in [3.05, 3.63) is 59.2 Å². The van der Waals surface area contributed by atoms with Crippen LogP contribution in [0.5, 0.6) is 0 Å². The number of hydrogen-bond acceptors (Lipinski definition) is 6. The minimum absolute atomic E-state index is 0.0361. The molecule has 8 nitrogen and oxygen atoms in total. The molecule has 8 heteroatoms. The summed E-state index contributed by atoms with van der Waals surface area (Å²) in [4.78, 5) is 33.4. The van der Waals surface area contributed by atoms with Crippen LogP contribution in [0, 0.1) is 0 Å². The minimum atomic E-state index is -0.852. The molecule has 2 aromatic carbocycles. The van der Waals surface area contributed by atoms with Crippen LogP contribution in [-0.4, -0.2) is 77.6 Å². The Hall–Kier alpha value is -3.49. The average molecular weight is 507 g/mol. The first-order valence-corrected chi connectivity index (χ1v) is 12.7. The van der Waals surface area contributed by atoms with Gasteiger partial charge in [0.15, 0.2) is 0 Å². The molecule has 198 valence electrons. The number of fused-ring (bicyclic) bond motifs is 1. The number of aliphatic imine (C=N–C) groups is 1. The summed E-state index contributed by atoms with van der Waals surface area (Å²) in [6.07, 6.45) is 3.48. The van der Waals surface area contributed by atoms with Crippen molar-refractivity contribution < 1.29 is 19.8 Å². The highest BCUT2D eigenvalue weighted by Crippen LogP contribution is 2.33. The third-order valence-electron chi connectivity index (χ3n) is 6.80.